The lowest BCUT2D eigenvalue weighted by Crippen LogP contribution is -2.45. The minimum Gasteiger partial charge on any atom is -0.368 e. The van der Waals surface area contributed by atoms with E-state index < -0.39 is 0 Å². The third-order valence-corrected chi connectivity index (χ3v) is 14.4. The molecule has 7 atom stereocenters. The molecule has 7 unspecified atom stereocenters. The fourth-order valence-electron chi connectivity index (χ4n) is 12.0. The fourth-order valence-corrected chi connectivity index (χ4v) is 12.0. The van der Waals surface area contributed by atoms with Gasteiger partial charge in [0.15, 0.2) is 0 Å². The Hall–Kier alpha value is -3.78. The molecule has 2 aliphatic heterocycles. The molecule has 2 heterocycles. The first kappa shape index (κ1) is 31.0. The van der Waals surface area contributed by atoms with E-state index in [1.165, 1.54) is 93.9 Å². The summed E-state index contributed by atoms with van der Waals surface area (Å²) in [6.07, 6.45) is 41.4. The van der Waals surface area contributed by atoms with E-state index in [2.05, 4.69) is 125 Å². The fraction of sp³-hybridized carbons (Fsp3) is 0.458. The summed E-state index contributed by atoms with van der Waals surface area (Å²) in [6.45, 7) is 0. The van der Waals surface area contributed by atoms with Gasteiger partial charge in [0, 0.05) is 46.9 Å². The summed E-state index contributed by atoms with van der Waals surface area (Å²) in [4.78, 5) is 5.67. The van der Waals surface area contributed by atoms with Gasteiger partial charge in [0.25, 0.3) is 0 Å². The molecule has 8 aliphatic rings. The van der Waals surface area contributed by atoms with Gasteiger partial charge in [0.05, 0.1) is 6.04 Å². The summed E-state index contributed by atoms with van der Waals surface area (Å²) in [5, 5.41) is 0. The average molecular weight is 659 g/mol. The normalized spacial score (nSPS) is 35.7. The summed E-state index contributed by atoms with van der Waals surface area (Å²) in [6, 6.07) is 23.0. The molecule has 0 spiro atoms. The highest BCUT2D eigenvalue weighted by Gasteiger charge is 2.47. The van der Waals surface area contributed by atoms with Crippen LogP contribution in [0.4, 0.5) is 5.69 Å². The molecule has 1 saturated heterocycles. The Balaban J connectivity index is 0.865. The zero-order chi connectivity index (χ0) is 33.0. The van der Waals surface area contributed by atoms with E-state index >= 15 is 0 Å². The summed E-state index contributed by atoms with van der Waals surface area (Å²) < 4.78 is 0. The molecule has 0 N–H and O–H groups in total. The van der Waals surface area contributed by atoms with E-state index in [4.69, 9.17) is 0 Å². The van der Waals surface area contributed by atoms with Crippen molar-refractivity contribution in [2.24, 2.45) is 29.6 Å². The van der Waals surface area contributed by atoms with Gasteiger partial charge >= 0.3 is 0 Å². The Labute approximate surface area is 300 Å². The van der Waals surface area contributed by atoms with Crippen molar-refractivity contribution in [1.29, 1.82) is 0 Å². The van der Waals surface area contributed by atoms with E-state index in [1.54, 1.807) is 22.5 Å². The maximum Gasteiger partial charge on any atom is 0.0591 e. The van der Waals surface area contributed by atoms with E-state index in [0.29, 0.717) is 23.8 Å². The third-order valence-electron chi connectivity index (χ3n) is 14.4. The van der Waals surface area contributed by atoms with Crippen LogP contribution in [0.25, 0.3) is 5.57 Å². The lowest BCUT2D eigenvalue weighted by atomic mass is 9.74. The Morgan fingerprint density at radius 1 is 0.680 bits per heavy atom. The van der Waals surface area contributed by atoms with Crippen LogP contribution in [0.5, 0.6) is 0 Å². The molecular weight excluding hydrogens is 605 g/mol. The number of hydrogen-bond acceptors (Lipinski definition) is 2. The van der Waals surface area contributed by atoms with Crippen LogP contribution in [-0.4, -0.2) is 23.0 Å². The number of hydrogen-bond donors (Lipinski definition) is 0. The highest BCUT2D eigenvalue weighted by atomic mass is 15.2. The maximum absolute atomic E-state index is 3.04. The van der Waals surface area contributed by atoms with E-state index in [0.717, 1.165) is 36.3 Å². The zero-order valence-electron chi connectivity index (χ0n) is 29.8. The lowest BCUT2D eigenvalue weighted by molar-refractivity contribution is 0.0942. The van der Waals surface area contributed by atoms with Crippen LogP contribution < -0.4 is 4.90 Å². The van der Waals surface area contributed by atoms with Gasteiger partial charge in [-0.2, -0.15) is 0 Å². The molecule has 2 aromatic rings. The van der Waals surface area contributed by atoms with Gasteiger partial charge in [-0.3, -0.25) is 0 Å². The minimum atomic E-state index is 0.430. The molecule has 3 fully saturated rings. The van der Waals surface area contributed by atoms with Gasteiger partial charge in [-0.1, -0.05) is 116 Å². The van der Waals surface area contributed by atoms with Crippen molar-refractivity contribution in [3.8, 4) is 0 Å². The Bertz CT molecular complexity index is 1790. The zero-order valence-corrected chi connectivity index (χ0v) is 29.8. The first-order valence-electron chi connectivity index (χ1n) is 20.3. The van der Waals surface area contributed by atoms with Gasteiger partial charge < -0.3 is 9.80 Å². The first-order chi connectivity index (χ1) is 24.8. The standard InChI is InChI=1S/C48H54N2/c1-3-11-33(12-4-1)34-23-27-40(28-24-34)50-46-18-10-8-16-42(46)44-32-38(26-30-48(44)50)36-21-19-35(20-22-36)37-25-29-47-43(31-37)41-15-7-9-17-45(41)49(47)39-13-5-2-6-14-39/h1-7,9,11,13-15,17,19-22,29,32-34,37,40-43,45-46H,8,10,12,16,18,23-28,30-31H2. The lowest BCUT2D eigenvalue weighted by Gasteiger charge is -2.44. The Morgan fingerprint density at radius 3 is 2.34 bits per heavy atom. The number of anilines is 1. The van der Waals surface area contributed by atoms with Crippen LogP contribution in [-0.2, 0) is 0 Å². The van der Waals surface area contributed by atoms with Gasteiger partial charge in [-0.25, -0.2) is 0 Å². The third kappa shape index (κ3) is 5.35. The van der Waals surface area contributed by atoms with Crippen molar-refractivity contribution in [1.82, 2.24) is 4.90 Å². The second-order valence-corrected chi connectivity index (χ2v) is 16.8. The van der Waals surface area contributed by atoms with Gasteiger partial charge in [0.2, 0.25) is 0 Å². The Kier molecular flexibility index (Phi) is 8.11. The molecule has 50 heavy (non-hydrogen) atoms. The van der Waals surface area contributed by atoms with E-state index in [-0.39, 0.29) is 0 Å². The maximum atomic E-state index is 3.04. The summed E-state index contributed by atoms with van der Waals surface area (Å²) in [7, 11) is 0. The number of allylic oxidation sites excluding steroid dienone is 11. The molecule has 0 aromatic heterocycles. The first-order valence-corrected chi connectivity index (χ1v) is 20.3. The van der Waals surface area contributed by atoms with Gasteiger partial charge in [-0.05, 0) is 123 Å². The van der Waals surface area contributed by atoms with Crippen LogP contribution in [0.3, 0.4) is 0 Å². The van der Waals surface area contributed by atoms with Gasteiger partial charge in [-0.15, -0.1) is 0 Å². The predicted molar refractivity (Wildman–Crippen MR) is 208 cm³/mol. The van der Waals surface area contributed by atoms with Crippen LogP contribution in [0.15, 0.2) is 132 Å². The SMILES string of the molecule is C1=CCC(C2CCC(N3C4=C(C=C(c5ccc(C6CC=C7C(C6)C6C=CC=CC6N7c6ccccc6)cc5)CC4)C4CCCCC43)CC2)C=C1. The highest BCUT2D eigenvalue weighted by molar-refractivity contribution is 5.71. The monoisotopic (exact) mass is 658 g/mol. The molecule has 0 bridgehead atoms. The topological polar surface area (TPSA) is 6.48 Å². The van der Waals surface area contributed by atoms with Crippen molar-refractivity contribution in [3.05, 3.63) is 143 Å². The van der Waals surface area contributed by atoms with Gasteiger partial charge in [0.1, 0.15) is 0 Å². The number of benzene rings is 2. The largest absolute Gasteiger partial charge is 0.368 e. The second kappa shape index (κ2) is 13.1. The molecular formula is C48H54N2. The van der Waals surface area contributed by atoms with Crippen molar-refractivity contribution >= 4 is 11.3 Å². The van der Waals surface area contributed by atoms with Crippen molar-refractivity contribution in [3.63, 3.8) is 0 Å². The molecule has 0 radical (unpaired) electrons. The smallest absolute Gasteiger partial charge is 0.0591 e. The number of rotatable bonds is 5. The van der Waals surface area contributed by atoms with Crippen LogP contribution in [0.2, 0.25) is 0 Å². The molecule has 2 saturated carbocycles. The molecule has 2 heteroatoms. The molecule has 0 amide bonds. The molecule has 10 rings (SSSR count). The van der Waals surface area contributed by atoms with Crippen LogP contribution in [0, 0.1) is 29.6 Å². The van der Waals surface area contributed by atoms with Crippen LogP contribution >= 0.6 is 0 Å². The molecule has 256 valence electrons. The number of nitrogens with zero attached hydrogens (tertiary/aromatic N) is 2. The van der Waals surface area contributed by atoms with Crippen molar-refractivity contribution in [2.75, 3.05) is 4.90 Å². The highest BCUT2D eigenvalue weighted by Crippen LogP contribution is 2.53. The number of fused-ring (bicyclic) bond motifs is 5. The van der Waals surface area contributed by atoms with E-state index in [9.17, 15) is 0 Å². The predicted octanol–water partition coefficient (Wildman–Crippen LogP) is 11.7. The molecule has 6 aliphatic carbocycles. The van der Waals surface area contributed by atoms with Crippen molar-refractivity contribution in [2.45, 2.75) is 108 Å². The average Bonchev–Trinajstić information content (AvgIpc) is 3.71. The Morgan fingerprint density at radius 2 is 1.50 bits per heavy atom. The molecule has 2 aromatic carbocycles. The minimum absolute atomic E-state index is 0.430. The quantitative estimate of drug-likeness (QED) is 0.315. The summed E-state index contributed by atoms with van der Waals surface area (Å²) >= 11 is 0. The summed E-state index contributed by atoms with van der Waals surface area (Å²) in [5.41, 5.74) is 10.9. The van der Waals surface area contributed by atoms with Crippen molar-refractivity contribution < 1.29 is 0 Å². The number of para-hydroxylation sites is 1. The van der Waals surface area contributed by atoms with Crippen LogP contribution in [0.1, 0.15) is 101 Å². The van der Waals surface area contributed by atoms with E-state index in [1.807, 2.05) is 0 Å². The second-order valence-electron chi connectivity index (χ2n) is 16.8. The molecule has 2 nitrogen and oxygen atoms in total. The summed E-state index contributed by atoms with van der Waals surface area (Å²) in [5.74, 6) is 4.15.